The second-order valence-corrected chi connectivity index (χ2v) is 6.78. The van der Waals surface area contributed by atoms with Crippen LogP contribution < -0.4 is 5.56 Å². The maximum atomic E-state index is 12.7. The minimum atomic E-state index is -0.145. The lowest BCUT2D eigenvalue weighted by Crippen LogP contribution is -2.38. The number of benzene rings is 1. The Morgan fingerprint density at radius 2 is 2.08 bits per heavy atom. The molecule has 3 rings (SSSR count). The minimum Gasteiger partial charge on any atom is -0.316 e. The summed E-state index contributed by atoms with van der Waals surface area (Å²) in [6.45, 7) is 3.41. The van der Waals surface area contributed by atoms with Gasteiger partial charge in [0.05, 0.1) is 24.0 Å². The minimum absolute atomic E-state index is 0.0892. The van der Waals surface area contributed by atoms with E-state index in [1.54, 1.807) is 6.07 Å². The summed E-state index contributed by atoms with van der Waals surface area (Å²) >= 11 is 0. The van der Waals surface area contributed by atoms with E-state index in [0.717, 1.165) is 25.0 Å². The molecule has 26 heavy (non-hydrogen) atoms. The Kier molecular flexibility index (Phi) is 5.83. The Morgan fingerprint density at radius 3 is 2.81 bits per heavy atom. The molecule has 0 aliphatic heterocycles. The number of fused-ring (bicyclic) bond motifs is 1. The molecule has 1 aromatic heterocycles. The number of nitrogens with one attached hydrogen (secondary N) is 1. The molecule has 2 aromatic rings. The van der Waals surface area contributed by atoms with Crippen molar-refractivity contribution in [2.45, 2.75) is 39.2 Å². The van der Waals surface area contributed by atoms with E-state index in [0.29, 0.717) is 36.4 Å². The van der Waals surface area contributed by atoms with Crippen LogP contribution >= 0.6 is 0 Å². The van der Waals surface area contributed by atoms with Crippen molar-refractivity contribution in [3.63, 3.8) is 0 Å². The first-order chi connectivity index (χ1) is 12.6. The molecule has 1 aromatic carbocycles. The van der Waals surface area contributed by atoms with E-state index in [1.165, 1.54) is 6.42 Å². The van der Waals surface area contributed by atoms with Gasteiger partial charge in [-0.05, 0) is 51.8 Å². The van der Waals surface area contributed by atoms with Crippen LogP contribution in [0.25, 0.3) is 10.9 Å². The van der Waals surface area contributed by atoms with Gasteiger partial charge in [0.15, 0.2) is 0 Å². The molecule has 1 N–H and O–H groups in total. The third-order valence-electron chi connectivity index (χ3n) is 4.72. The number of hydrogen-bond acceptors (Lipinski definition) is 4. The third-order valence-corrected chi connectivity index (χ3v) is 4.72. The van der Waals surface area contributed by atoms with Gasteiger partial charge in [-0.3, -0.25) is 14.5 Å². The maximum Gasteiger partial charge on any atom is 0.258 e. The van der Waals surface area contributed by atoms with Crippen LogP contribution in [0, 0.1) is 0 Å². The van der Waals surface area contributed by atoms with Gasteiger partial charge in [0, 0.05) is 12.2 Å². The second-order valence-electron chi connectivity index (χ2n) is 6.78. The number of H-pyrrole nitrogens is 1. The lowest BCUT2D eigenvalue weighted by atomic mass is 10.0. The molecule has 0 unspecified atom stereocenters. The highest BCUT2D eigenvalue weighted by molar-refractivity contribution is 5.80. The van der Waals surface area contributed by atoms with Gasteiger partial charge in [0.25, 0.3) is 5.56 Å². The van der Waals surface area contributed by atoms with Crippen molar-refractivity contribution < 1.29 is 4.79 Å². The van der Waals surface area contributed by atoms with Crippen LogP contribution in [0.15, 0.2) is 40.8 Å². The summed E-state index contributed by atoms with van der Waals surface area (Å²) in [4.78, 5) is 36.0. The molecule has 0 atom stereocenters. The number of para-hydroxylation sites is 1. The fraction of sp³-hybridized carbons (Fsp3) is 0.450. The zero-order valence-corrected chi connectivity index (χ0v) is 15.5. The van der Waals surface area contributed by atoms with Gasteiger partial charge in [-0.1, -0.05) is 18.2 Å². The summed E-state index contributed by atoms with van der Waals surface area (Å²) in [5.74, 6) is 0.662. The van der Waals surface area contributed by atoms with E-state index < -0.39 is 0 Å². The van der Waals surface area contributed by atoms with E-state index in [2.05, 4.69) is 16.0 Å². The Bertz CT molecular complexity index is 871. The zero-order valence-electron chi connectivity index (χ0n) is 15.5. The summed E-state index contributed by atoms with van der Waals surface area (Å²) < 4.78 is 0. The highest BCUT2D eigenvalue weighted by Crippen LogP contribution is 2.21. The van der Waals surface area contributed by atoms with E-state index >= 15 is 0 Å². The van der Waals surface area contributed by atoms with E-state index in [9.17, 15) is 9.59 Å². The average molecular weight is 354 g/mol. The molecule has 0 saturated heterocycles. The van der Waals surface area contributed by atoms with Gasteiger partial charge in [-0.2, -0.15) is 0 Å². The normalized spacial score (nSPS) is 14.5. The molecule has 1 aliphatic carbocycles. The molecule has 0 spiro atoms. The largest absolute Gasteiger partial charge is 0.316 e. The molecular weight excluding hydrogens is 328 g/mol. The standard InChI is InChI=1S/C20H26N4O2/c1-3-24(15-9-5-4-6-10-15)19(25)14-23(2)13-18-21-17-12-8-7-11-16(17)20(26)22-18/h7-9,11-12H,3-6,10,13-14H2,1-2H3,(H,21,22,26). The van der Waals surface area contributed by atoms with Gasteiger partial charge in [0.2, 0.25) is 5.91 Å². The first-order valence-electron chi connectivity index (χ1n) is 9.24. The van der Waals surface area contributed by atoms with Gasteiger partial charge in [-0.25, -0.2) is 4.98 Å². The first-order valence-corrected chi connectivity index (χ1v) is 9.24. The summed E-state index contributed by atoms with van der Waals surface area (Å²) in [6, 6.07) is 7.27. The van der Waals surface area contributed by atoms with Crippen molar-refractivity contribution in [3.05, 3.63) is 52.2 Å². The molecule has 6 heteroatoms. The number of aromatic nitrogens is 2. The Hall–Kier alpha value is -2.47. The average Bonchev–Trinajstić information content (AvgIpc) is 2.63. The smallest absolute Gasteiger partial charge is 0.258 e. The lowest BCUT2D eigenvalue weighted by Gasteiger charge is -2.28. The number of rotatable bonds is 6. The molecule has 0 fully saturated rings. The predicted molar refractivity (Wildman–Crippen MR) is 103 cm³/mol. The van der Waals surface area contributed by atoms with Crippen molar-refractivity contribution in [2.24, 2.45) is 0 Å². The molecule has 1 amide bonds. The number of allylic oxidation sites excluding steroid dienone is 2. The topological polar surface area (TPSA) is 69.3 Å². The number of nitrogens with zero attached hydrogens (tertiary/aromatic N) is 3. The molecule has 1 heterocycles. The van der Waals surface area contributed by atoms with Gasteiger partial charge >= 0.3 is 0 Å². The predicted octanol–water partition coefficient (Wildman–Crippen LogP) is 2.66. The van der Waals surface area contributed by atoms with Crippen molar-refractivity contribution >= 4 is 16.8 Å². The second kappa shape index (κ2) is 8.27. The van der Waals surface area contributed by atoms with Crippen LogP contribution in [0.1, 0.15) is 38.4 Å². The molecule has 0 saturated carbocycles. The highest BCUT2D eigenvalue weighted by atomic mass is 16.2. The van der Waals surface area contributed by atoms with Crippen LogP contribution in [0.2, 0.25) is 0 Å². The van der Waals surface area contributed by atoms with Gasteiger partial charge in [-0.15, -0.1) is 0 Å². The number of aromatic amines is 1. The van der Waals surface area contributed by atoms with Crippen LogP contribution in [-0.2, 0) is 11.3 Å². The quantitative estimate of drug-likeness (QED) is 0.866. The Balaban J connectivity index is 1.68. The fourth-order valence-electron chi connectivity index (χ4n) is 3.44. The van der Waals surface area contributed by atoms with Crippen molar-refractivity contribution in [1.82, 2.24) is 19.8 Å². The first kappa shape index (κ1) is 18.3. The van der Waals surface area contributed by atoms with E-state index in [1.807, 2.05) is 42.0 Å². The SMILES string of the molecule is CCN(C(=O)CN(C)Cc1nc2ccccc2c(=O)[nH]1)C1=CCCCC1. The maximum absolute atomic E-state index is 12.7. The fourth-order valence-corrected chi connectivity index (χ4v) is 3.44. The third kappa shape index (κ3) is 4.19. The number of hydrogen-bond donors (Lipinski definition) is 1. The number of carbonyl (C=O) groups excluding carboxylic acids is 1. The lowest BCUT2D eigenvalue weighted by molar-refractivity contribution is -0.130. The Morgan fingerprint density at radius 1 is 1.27 bits per heavy atom. The van der Waals surface area contributed by atoms with E-state index in [-0.39, 0.29) is 11.5 Å². The monoisotopic (exact) mass is 354 g/mol. The number of carbonyl (C=O) groups is 1. The molecule has 0 bridgehead atoms. The van der Waals surface area contributed by atoms with Crippen molar-refractivity contribution in [3.8, 4) is 0 Å². The summed E-state index contributed by atoms with van der Waals surface area (Å²) in [7, 11) is 1.87. The summed E-state index contributed by atoms with van der Waals surface area (Å²) in [6.07, 6.45) is 6.57. The van der Waals surface area contributed by atoms with Crippen LogP contribution in [0.3, 0.4) is 0 Å². The Labute approximate surface area is 153 Å². The number of amides is 1. The molecular formula is C20H26N4O2. The van der Waals surface area contributed by atoms with Gasteiger partial charge < -0.3 is 9.88 Å². The highest BCUT2D eigenvalue weighted by Gasteiger charge is 2.19. The number of likely N-dealkylation sites (N-methyl/N-ethyl adjacent to an activating group) is 2. The van der Waals surface area contributed by atoms with Crippen LogP contribution in [-0.4, -0.2) is 45.8 Å². The van der Waals surface area contributed by atoms with Crippen LogP contribution in [0.4, 0.5) is 0 Å². The molecule has 0 radical (unpaired) electrons. The van der Waals surface area contributed by atoms with Gasteiger partial charge in [0.1, 0.15) is 5.82 Å². The summed E-state index contributed by atoms with van der Waals surface area (Å²) in [5, 5.41) is 0.580. The van der Waals surface area contributed by atoms with E-state index in [4.69, 9.17) is 0 Å². The molecule has 138 valence electrons. The zero-order chi connectivity index (χ0) is 18.5. The van der Waals surface area contributed by atoms with Crippen LogP contribution in [0.5, 0.6) is 0 Å². The summed E-state index contributed by atoms with van der Waals surface area (Å²) in [5.41, 5.74) is 1.68. The van der Waals surface area contributed by atoms with Crippen molar-refractivity contribution in [1.29, 1.82) is 0 Å². The molecule has 6 nitrogen and oxygen atoms in total. The molecule has 1 aliphatic rings. The van der Waals surface area contributed by atoms with Crippen molar-refractivity contribution in [2.75, 3.05) is 20.1 Å².